The molecular weight excluding hydrogens is 366 g/mol. The Morgan fingerprint density at radius 3 is 2.86 bits per heavy atom. The third kappa shape index (κ3) is 2.71. The zero-order valence-corrected chi connectivity index (χ0v) is 15.4. The number of ether oxygens (including phenoxy) is 1. The zero-order chi connectivity index (χ0) is 20.0. The third-order valence-corrected chi connectivity index (χ3v) is 5.15. The van der Waals surface area contributed by atoms with Crippen LogP contribution >= 0.6 is 0 Å². The van der Waals surface area contributed by atoms with Gasteiger partial charge in [-0.05, 0) is 36.2 Å². The molecule has 0 amide bonds. The smallest absolute Gasteiger partial charge is 0.433 e. The Labute approximate surface area is 160 Å². The van der Waals surface area contributed by atoms with Crippen LogP contribution in [-0.4, -0.2) is 34.0 Å². The van der Waals surface area contributed by atoms with E-state index in [-0.39, 0.29) is 30.1 Å². The summed E-state index contributed by atoms with van der Waals surface area (Å²) < 4.78 is 10.6. The topological polar surface area (TPSA) is 111 Å². The van der Waals surface area contributed by atoms with E-state index in [1.807, 2.05) is 11.8 Å². The quantitative estimate of drug-likeness (QED) is 0.477. The first-order chi connectivity index (χ1) is 13.4. The van der Waals surface area contributed by atoms with E-state index in [0.717, 1.165) is 16.8 Å². The van der Waals surface area contributed by atoms with Crippen LogP contribution in [0.3, 0.4) is 0 Å². The largest absolute Gasteiger partial charge is 0.504 e. The molecule has 2 aliphatic heterocycles. The highest BCUT2D eigenvalue weighted by Crippen LogP contribution is 2.48. The summed E-state index contributed by atoms with van der Waals surface area (Å²) in [5.41, 5.74) is 2.55. The highest BCUT2D eigenvalue weighted by atomic mass is 16.7. The average Bonchev–Trinajstić information content (AvgIpc) is 3.29. The molecule has 2 aromatic rings. The molecular formula is C19H19N3O6. The van der Waals surface area contributed by atoms with Crippen molar-refractivity contribution in [1.29, 1.82) is 0 Å². The number of fused-ring (bicyclic) bond motifs is 3. The van der Waals surface area contributed by atoms with Crippen molar-refractivity contribution in [3.05, 3.63) is 63.9 Å². The van der Waals surface area contributed by atoms with Crippen LogP contribution < -0.4 is 4.74 Å². The molecule has 4 rings (SSSR count). The van der Waals surface area contributed by atoms with E-state index in [1.54, 1.807) is 24.3 Å². The summed E-state index contributed by atoms with van der Waals surface area (Å²) in [6.45, 7) is 6.06. The summed E-state index contributed by atoms with van der Waals surface area (Å²) in [6.07, 6.45) is 1.30. The number of nitro groups is 1. The highest BCUT2D eigenvalue weighted by Gasteiger charge is 2.47. The van der Waals surface area contributed by atoms with Crippen molar-refractivity contribution in [3.8, 4) is 11.5 Å². The lowest BCUT2D eigenvalue weighted by molar-refractivity contribution is -0.402. The molecule has 1 aromatic heterocycles. The molecule has 9 heteroatoms. The summed E-state index contributed by atoms with van der Waals surface area (Å²) in [7, 11) is 1.49. The second kappa shape index (κ2) is 6.68. The van der Waals surface area contributed by atoms with Gasteiger partial charge in [-0.15, -0.1) is 6.58 Å². The number of phenols is 1. The van der Waals surface area contributed by atoms with Crippen LogP contribution in [0.15, 0.2) is 46.5 Å². The maximum Gasteiger partial charge on any atom is 0.433 e. The fraction of sp³-hybridized carbons (Fsp3) is 0.316. The number of hydrogen-bond donors (Lipinski definition) is 1. The summed E-state index contributed by atoms with van der Waals surface area (Å²) in [6, 6.07) is 6.05. The fourth-order valence-electron chi connectivity index (χ4n) is 3.90. The summed E-state index contributed by atoms with van der Waals surface area (Å²) >= 11 is 0. The predicted octanol–water partition coefficient (Wildman–Crippen LogP) is 3.46. The molecule has 0 aliphatic carbocycles. The van der Waals surface area contributed by atoms with Gasteiger partial charge in [0.1, 0.15) is 10.7 Å². The molecule has 0 spiro atoms. The third-order valence-electron chi connectivity index (χ3n) is 5.15. The van der Waals surface area contributed by atoms with Gasteiger partial charge in [-0.3, -0.25) is 10.1 Å². The number of oxime groups is 1. The van der Waals surface area contributed by atoms with Crippen LogP contribution in [0.2, 0.25) is 0 Å². The molecule has 28 heavy (non-hydrogen) atoms. The van der Waals surface area contributed by atoms with Gasteiger partial charge in [-0.25, -0.2) is 4.90 Å². The van der Waals surface area contributed by atoms with Gasteiger partial charge in [0.25, 0.3) is 0 Å². The minimum Gasteiger partial charge on any atom is -0.504 e. The lowest BCUT2D eigenvalue weighted by Crippen LogP contribution is -2.45. The van der Waals surface area contributed by atoms with Crippen molar-refractivity contribution in [2.75, 3.05) is 7.11 Å². The monoisotopic (exact) mass is 385 g/mol. The van der Waals surface area contributed by atoms with Gasteiger partial charge < -0.3 is 19.1 Å². The van der Waals surface area contributed by atoms with Crippen LogP contribution in [0.1, 0.15) is 35.8 Å². The van der Waals surface area contributed by atoms with Crippen LogP contribution in [-0.2, 0) is 11.4 Å². The van der Waals surface area contributed by atoms with E-state index in [0.29, 0.717) is 11.5 Å². The predicted molar refractivity (Wildman–Crippen MR) is 99.2 cm³/mol. The minimum atomic E-state index is -0.574. The molecule has 2 aliphatic rings. The van der Waals surface area contributed by atoms with Gasteiger partial charge in [0.15, 0.2) is 17.7 Å². The number of nitrogens with zero attached hydrogens (tertiary/aromatic N) is 3. The molecule has 1 aromatic carbocycles. The SMILES string of the molecule is C=C[C@@H]1c2cc(OC)c(O)cc2[C@H]2C(C)=NO[C@H]2N1Cc1ccc([N+](=O)[O-])o1. The number of phenolic OH excluding ortho intramolecular Hbond substituents is 1. The van der Waals surface area contributed by atoms with Gasteiger partial charge in [0.2, 0.25) is 0 Å². The van der Waals surface area contributed by atoms with Crippen molar-refractivity contribution >= 4 is 11.6 Å². The number of hydrogen-bond acceptors (Lipinski definition) is 8. The Hall–Kier alpha value is -3.33. The van der Waals surface area contributed by atoms with Crippen LogP contribution in [0.5, 0.6) is 11.5 Å². The summed E-state index contributed by atoms with van der Waals surface area (Å²) in [5.74, 6) is 0.307. The number of aromatic hydroxyl groups is 1. The molecule has 3 atom stereocenters. The Bertz CT molecular complexity index is 982. The molecule has 0 saturated heterocycles. The molecule has 0 radical (unpaired) electrons. The molecule has 0 unspecified atom stereocenters. The highest BCUT2D eigenvalue weighted by molar-refractivity contribution is 5.91. The molecule has 3 heterocycles. The Balaban J connectivity index is 1.79. The van der Waals surface area contributed by atoms with E-state index < -0.39 is 11.2 Å². The van der Waals surface area contributed by atoms with Gasteiger partial charge in [0, 0.05) is 0 Å². The Kier molecular flexibility index (Phi) is 4.31. The lowest BCUT2D eigenvalue weighted by Gasteiger charge is -2.41. The summed E-state index contributed by atoms with van der Waals surface area (Å²) in [4.78, 5) is 18.0. The molecule has 1 N–H and O–H groups in total. The maximum atomic E-state index is 10.9. The van der Waals surface area contributed by atoms with Crippen molar-refractivity contribution in [2.24, 2.45) is 5.16 Å². The summed E-state index contributed by atoms with van der Waals surface area (Å²) in [5, 5.41) is 25.3. The van der Waals surface area contributed by atoms with Gasteiger partial charge in [-0.2, -0.15) is 0 Å². The molecule has 9 nitrogen and oxygen atoms in total. The van der Waals surface area contributed by atoms with Crippen molar-refractivity contribution in [3.63, 3.8) is 0 Å². The molecule has 0 saturated carbocycles. The van der Waals surface area contributed by atoms with E-state index in [9.17, 15) is 15.2 Å². The first kappa shape index (κ1) is 18.1. The van der Waals surface area contributed by atoms with Crippen molar-refractivity contribution in [2.45, 2.75) is 31.7 Å². The first-order valence-corrected chi connectivity index (χ1v) is 8.67. The van der Waals surface area contributed by atoms with Gasteiger partial charge in [-0.1, -0.05) is 11.2 Å². The zero-order valence-electron chi connectivity index (χ0n) is 15.4. The lowest BCUT2D eigenvalue weighted by atomic mass is 9.81. The number of rotatable bonds is 5. The second-order valence-corrected chi connectivity index (χ2v) is 6.71. The van der Waals surface area contributed by atoms with E-state index in [2.05, 4.69) is 11.7 Å². The Morgan fingerprint density at radius 2 is 2.21 bits per heavy atom. The Morgan fingerprint density at radius 1 is 1.43 bits per heavy atom. The van der Waals surface area contributed by atoms with E-state index in [4.69, 9.17) is 14.0 Å². The first-order valence-electron chi connectivity index (χ1n) is 8.67. The van der Waals surface area contributed by atoms with E-state index in [1.165, 1.54) is 13.2 Å². The normalized spacial score (nSPS) is 23.4. The fourth-order valence-corrected chi connectivity index (χ4v) is 3.90. The minimum absolute atomic E-state index is 0.0395. The van der Waals surface area contributed by atoms with Crippen molar-refractivity contribution in [1.82, 2.24) is 4.90 Å². The number of methoxy groups -OCH3 is 1. The maximum absolute atomic E-state index is 10.9. The van der Waals surface area contributed by atoms with Gasteiger partial charge >= 0.3 is 5.88 Å². The van der Waals surface area contributed by atoms with Crippen molar-refractivity contribution < 1.29 is 24.0 Å². The van der Waals surface area contributed by atoms with Gasteiger partial charge in [0.05, 0.1) is 37.4 Å². The van der Waals surface area contributed by atoms with Crippen LogP contribution in [0.4, 0.5) is 5.88 Å². The second-order valence-electron chi connectivity index (χ2n) is 6.71. The number of furan rings is 1. The number of benzene rings is 1. The average molecular weight is 385 g/mol. The van der Waals surface area contributed by atoms with E-state index >= 15 is 0 Å². The van der Waals surface area contributed by atoms with Crippen LogP contribution in [0, 0.1) is 10.1 Å². The standard InChI is InChI=1S/C19H19N3O6/c1-4-14-12-8-16(26-3)15(23)7-13(12)18-10(2)20-28-19(18)21(14)9-11-5-6-17(27-11)22(24)25/h4-8,14,18-19,23H,1,9H2,2-3H3/t14-,18-,19-/m1/s1. The molecule has 0 fully saturated rings. The molecule has 146 valence electrons. The molecule has 0 bridgehead atoms. The van der Waals surface area contributed by atoms with Crippen LogP contribution in [0.25, 0.3) is 0 Å².